The number of hydrogen-bond acceptors (Lipinski definition) is 6. The van der Waals surface area contributed by atoms with Gasteiger partial charge in [0.05, 0.1) is 12.4 Å². The molecular weight excluding hydrogens is 260 g/mol. The van der Waals surface area contributed by atoms with Gasteiger partial charge in [-0.1, -0.05) is 6.92 Å². The van der Waals surface area contributed by atoms with Crippen LogP contribution in [0.1, 0.15) is 6.92 Å². The first-order valence-electron chi connectivity index (χ1n) is 5.19. The van der Waals surface area contributed by atoms with Crippen LogP contribution in [0.25, 0.3) is 0 Å². The van der Waals surface area contributed by atoms with E-state index in [1.165, 1.54) is 16.7 Å². The highest BCUT2D eigenvalue weighted by Gasteiger charge is 2.29. The summed E-state index contributed by atoms with van der Waals surface area (Å²) in [6, 6.07) is 0. The molecule has 17 heavy (non-hydrogen) atoms. The van der Waals surface area contributed by atoms with E-state index in [0.29, 0.717) is 18.3 Å². The van der Waals surface area contributed by atoms with Gasteiger partial charge in [-0.25, -0.2) is 18.4 Å². The highest BCUT2D eigenvalue weighted by atomic mass is 32.2. The van der Waals surface area contributed by atoms with Crippen LogP contribution in [0.2, 0.25) is 0 Å². The molecule has 0 bridgehead atoms. The van der Waals surface area contributed by atoms with E-state index in [1.807, 2.05) is 6.92 Å². The fourth-order valence-electron chi connectivity index (χ4n) is 1.61. The molecule has 2 rings (SSSR count). The average molecular weight is 274 g/mol. The lowest BCUT2D eigenvalue weighted by molar-refractivity contribution is 0.424. The van der Waals surface area contributed by atoms with Gasteiger partial charge in [0.2, 0.25) is 16.0 Å². The lowest BCUT2D eigenvalue weighted by atomic mass is 10.4. The molecular formula is C9H14N4O2S2. The zero-order valence-corrected chi connectivity index (χ0v) is 11.0. The van der Waals surface area contributed by atoms with Crippen molar-refractivity contribution in [2.24, 2.45) is 0 Å². The van der Waals surface area contributed by atoms with Crippen LogP contribution in [0, 0.1) is 0 Å². The second-order valence-corrected chi connectivity index (χ2v) is 7.31. The van der Waals surface area contributed by atoms with Crippen molar-refractivity contribution in [3.05, 3.63) is 12.4 Å². The first-order chi connectivity index (χ1) is 8.00. The third kappa shape index (κ3) is 2.70. The fourth-order valence-corrected chi connectivity index (χ4v) is 4.26. The van der Waals surface area contributed by atoms with Gasteiger partial charge in [-0.2, -0.15) is 16.1 Å². The predicted octanol–water partition coefficient (Wildman–Crippen LogP) is 0.185. The van der Waals surface area contributed by atoms with Gasteiger partial charge in [0.1, 0.15) is 4.90 Å². The molecule has 1 aromatic rings. The van der Waals surface area contributed by atoms with Gasteiger partial charge >= 0.3 is 0 Å². The Labute approximate surface area is 105 Å². The lowest BCUT2D eigenvalue weighted by Crippen LogP contribution is -2.41. The van der Waals surface area contributed by atoms with E-state index in [-0.39, 0.29) is 10.8 Å². The molecule has 1 fully saturated rings. The molecule has 2 heterocycles. The lowest BCUT2D eigenvalue weighted by Gasteiger charge is -2.29. The van der Waals surface area contributed by atoms with Gasteiger partial charge in [-0.15, -0.1) is 0 Å². The summed E-state index contributed by atoms with van der Waals surface area (Å²) in [4.78, 5) is 7.53. The van der Waals surface area contributed by atoms with E-state index in [2.05, 4.69) is 9.97 Å². The van der Waals surface area contributed by atoms with Crippen molar-refractivity contribution in [3.8, 4) is 0 Å². The summed E-state index contributed by atoms with van der Waals surface area (Å²) in [7, 11) is -3.47. The van der Waals surface area contributed by atoms with Crippen molar-refractivity contribution in [1.29, 1.82) is 0 Å². The Morgan fingerprint density at radius 3 is 2.71 bits per heavy atom. The standard InChI is InChI=1S/C9H14N4O2S2/c1-7-6-13(2-3-16-7)17(14,15)8-4-11-9(10)12-5-8/h4-5,7H,2-3,6H2,1H3,(H2,10,11,12). The average Bonchev–Trinajstić information content (AvgIpc) is 2.29. The number of hydrogen-bond donors (Lipinski definition) is 1. The van der Waals surface area contributed by atoms with Crippen molar-refractivity contribution in [2.75, 3.05) is 24.6 Å². The number of nitrogen functional groups attached to an aromatic ring is 1. The third-order valence-electron chi connectivity index (χ3n) is 2.49. The van der Waals surface area contributed by atoms with Crippen molar-refractivity contribution in [3.63, 3.8) is 0 Å². The molecule has 1 unspecified atom stereocenters. The Morgan fingerprint density at radius 1 is 1.47 bits per heavy atom. The molecule has 1 atom stereocenters. The molecule has 0 amide bonds. The molecule has 94 valence electrons. The molecule has 1 aromatic heterocycles. The Hall–Kier alpha value is -0.860. The minimum atomic E-state index is -3.47. The molecule has 2 N–H and O–H groups in total. The highest BCUT2D eigenvalue weighted by Crippen LogP contribution is 2.23. The van der Waals surface area contributed by atoms with Crippen LogP contribution in [0.15, 0.2) is 17.3 Å². The maximum atomic E-state index is 12.2. The predicted molar refractivity (Wildman–Crippen MR) is 67.1 cm³/mol. The summed E-state index contributed by atoms with van der Waals surface area (Å²) >= 11 is 1.78. The summed E-state index contributed by atoms with van der Waals surface area (Å²) in [6.45, 7) is 3.07. The van der Waals surface area contributed by atoms with Gasteiger partial charge < -0.3 is 5.73 Å². The van der Waals surface area contributed by atoms with Crippen LogP contribution >= 0.6 is 11.8 Å². The van der Waals surface area contributed by atoms with Gasteiger partial charge in [-0.3, -0.25) is 0 Å². The van der Waals surface area contributed by atoms with E-state index in [0.717, 1.165) is 5.75 Å². The third-order valence-corrected chi connectivity index (χ3v) is 5.44. The topological polar surface area (TPSA) is 89.2 Å². The summed E-state index contributed by atoms with van der Waals surface area (Å²) < 4.78 is 26.0. The van der Waals surface area contributed by atoms with E-state index in [9.17, 15) is 8.42 Å². The number of aromatic nitrogens is 2. The summed E-state index contributed by atoms with van der Waals surface area (Å²) in [6.07, 6.45) is 2.51. The second-order valence-electron chi connectivity index (χ2n) is 3.82. The zero-order chi connectivity index (χ0) is 12.5. The zero-order valence-electron chi connectivity index (χ0n) is 9.41. The van der Waals surface area contributed by atoms with Crippen LogP contribution in [0.4, 0.5) is 5.95 Å². The number of thioether (sulfide) groups is 1. The Morgan fingerprint density at radius 2 is 2.12 bits per heavy atom. The Bertz CT molecular complexity index is 488. The smallest absolute Gasteiger partial charge is 0.246 e. The van der Waals surface area contributed by atoms with Gasteiger partial charge in [0.25, 0.3) is 0 Å². The van der Waals surface area contributed by atoms with Crippen LogP contribution in [0.3, 0.4) is 0 Å². The van der Waals surface area contributed by atoms with Gasteiger partial charge in [0.15, 0.2) is 0 Å². The van der Waals surface area contributed by atoms with E-state index in [1.54, 1.807) is 11.8 Å². The van der Waals surface area contributed by atoms with Crippen molar-refractivity contribution in [1.82, 2.24) is 14.3 Å². The minimum absolute atomic E-state index is 0.0755. The van der Waals surface area contributed by atoms with E-state index in [4.69, 9.17) is 5.73 Å². The van der Waals surface area contributed by atoms with Crippen LogP contribution in [-0.2, 0) is 10.0 Å². The van der Waals surface area contributed by atoms with Gasteiger partial charge in [-0.05, 0) is 0 Å². The largest absolute Gasteiger partial charge is 0.368 e. The number of nitrogens with two attached hydrogens (primary N) is 1. The molecule has 1 aliphatic rings. The molecule has 1 saturated heterocycles. The fraction of sp³-hybridized carbons (Fsp3) is 0.556. The van der Waals surface area contributed by atoms with Crippen LogP contribution in [0.5, 0.6) is 0 Å². The first-order valence-corrected chi connectivity index (χ1v) is 7.68. The minimum Gasteiger partial charge on any atom is -0.368 e. The maximum Gasteiger partial charge on any atom is 0.246 e. The number of nitrogens with zero attached hydrogens (tertiary/aromatic N) is 3. The Kier molecular flexibility index (Phi) is 3.55. The quantitative estimate of drug-likeness (QED) is 0.828. The number of sulfonamides is 1. The highest BCUT2D eigenvalue weighted by molar-refractivity contribution is 8.00. The molecule has 8 heteroatoms. The van der Waals surface area contributed by atoms with Crippen molar-refractivity contribution < 1.29 is 8.42 Å². The van der Waals surface area contributed by atoms with E-state index < -0.39 is 10.0 Å². The Balaban J connectivity index is 2.26. The molecule has 0 spiro atoms. The molecule has 0 saturated carbocycles. The van der Waals surface area contributed by atoms with Crippen LogP contribution in [-0.4, -0.2) is 46.8 Å². The molecule has 0 aliphatic carbocycles. The maximum absolute atomic E-state index is 12.2. The van der Waals surface area contributed by atoms with E-state index >= 15 is 0 Å². The normalized spacial score (nSPS) is 22.5. The number of rotatable bonds is 2. The van der Waals surface area contributed by atoms with Crippen LogP contribution < -0.4 is 5.73 Å². The molecule has 0 radical (unpaired) electrons. The summed E-state index contributed by atoms with van der Waals surface area (Å²) in [5.41, 5.74) is 5.34. The first kappa shape index (κ1) is 12.6. The van der Waals surface area contributed by atoms with Gasteiger partial charge in [0, 0.05) is 24.1 Å². The molecule has 6 nitrogen and oxygen atoms in total. The summed E-state index contributed by atoms with van der Waals surface area (Å²) in [5.74, 6) is 0.891. The molecule has 1 aliphatic heterocycles. The monoisotopic (exact) mass is 274 g/mol. The van der Waals surface area contributed by atoms with Crippen molar-refractivity contribution in [2.45, 2.75) is 17.1 Å². The molecule has 0 aromatic carbocycles. The SMILES string of the molecule is CC1CN(S(=O)(=O)c2cnc(N)nc2)CCS1. The van der Waals surface area contributed by atoms with Crippen molar-refractivity contribution >= 4 is 27.7 Å². The second kappa shape index (κ2) is 4.79. The summed E-state index contributed by atoms with van der Waals surface area (Å²) in [5, 5.41) is 0.313. The number of anilines is 1.